The van der Waals surface area contributed by atoms with Gasteiger partial charge in [0.05, 0.1) is 0 Å². The quantitative estimate of drug-likeness (QED) is 0.326. The van der Waals surface area contributed by atoms with Crippen LogP contribution in [0.2, 0.25) is 0 Å². The van der Waals surface area contributed by atoms with Crippen LogP contribution >= 0.6 is 0 Å². The molecule has 0 aromatic heterocycles. The Hall–Kier alpha value is -2.17. The Bertz CT molecular complexity index is 569. The molecule has 0 heterocycles. The molecule has 1 aliphatic rings. The number of carboxylic acids is 1. The van der Waals surface area contributed by atoms with Gasteiger partial charge < -0.3 is 9.84 Å². The highest BCUT2D eigenvalue weighted by atomic mass is 16.5. The standard InChI is InChI=1S/C20H28O5/c1-3-4-5-9-18-16(12-14-19(18)22)11-13-17(25-15(2)21)8-6-7-10-20(23)24/h4-5,12,14,17H,3,6-11,13H2,1-2H3,(H,23,24)/b5-4-/t17-/m1/s1. The fourth-order valence-corrected chi connectivity index (χ4v) is 2.83. The van der Waals surface area contributed by atoms with E-state index in [-0.39, 0.29) is 24.3 Å². The Kier molecular flexibility index (Phi) is 9.51. The topological polar surface area (TPSA) is 80.7 Å². The summed E-state index contributed by atoms with van der Waals surface area (Å²) in [4.78, 5) is 33.8. The Balaban J connectivity index is 2.58. The molecule has 0 saturated carbocycles. The maximum absolute atomic E-state index is 12.0. The number of carbonyl (C=O) groups excluding carboxylic acids is 2. The van der Waals surface area contributed by atoms with Crippen molar-refractivity contribution in [2.75, 3.05) is 0 Å². The number of carboxylic acid groups (broad SMARTS) is 1. The van der Waals surface area contributed by atoms with Crippen molar-refractivity contribution in [3.63, 3.8) is 0 Å². The highest BCUT2D eigenvalue weighted by Crippen LogP contribution is 2.26. The maximum atomic E-state index is 12.0. The van der Waals surface area contributed by atoms with Crippen LogP contribution in [0.4, 0.5) is 0 Å². The molecule has 0 unspecified atom stereocenters. The molecule has 138 valence electrons. The molecule has 0 amide bonds. The second kappa shape index (κ2) is 11.4. The van der Waals surface area contributed by atoms with E-state index in [4.69, 9.17) is 9.84 Å². The van der Waals surface area contributed by atoms with Gasteiger partial charge in [-0.15, -0.1) is 0 Å². The molecule has 0 radical (unpaired) electrons. The van der Waals surface area contributed by atoms with E-state index in [1.54, 1.807) is 6.08 Å². The lowest BCUT2D eigenvalue weighted by Crippen LogP contribution is -2.16. The minimum Gasteiger partial charge on any atom is -0.481 e. The van der Waals surface area contributed by atoms with Crippen LogP contribution in [0.15, 0.2) is 35.5 Å². The molecule has 5 heteroatoms. The third kappa shape index (κ3) is 8.47. The van der Waals surface area contributed by atoms with Crippen molar-refractivity contribution in [1.82, 2.24) is 0 Å². The van der Waals surface area contributed by atoms with Crippen LogP contribution in [0.25, 0.3) is 0 Å². The van der Waals surface area contributed by atoms with Gasteiger partial charge in [0.2, 0.25) is 0 Å². The molecule has 1 atom stereocenters. The molecular weight excluding hydrogens is 320 g/mol. The summed E-state index contributed by atoms with van der Waals surface area (Å²) in [7, 11) is 0. The second-order valence-electron chi connectivity index (χ2n) is 6.19. The van der Waals surface area contributed by atoms with Crippen molar-refractivity contribution in [1.29, 1.82) is 0 Å². The number of hydrogen-bond acceptors (Lipinski definition) is 4. The van der Waals surface area contributed by atoms with E-state index in [2.05, 4.69) is 6.92 Å². The molecular formula is C20H28O5. The lowest BCUT2D eigenvalue weighted by molar-refractivity contribution is -0.147. The minimum absolute atomic E-state index is 0.0567. The molecule has 1 rings (SSSR count). The zero-order chi connectivity index (χ0) is 18.7. The summed E-state index contributed by atoms with van der Waals surface area (Å²) in [6.07, 6.45) is 12.2. The van der Waals surface area contributed by atoms with Crippen molar-refractivity contribution in [3.8, 4) is 0 Å². The summed E-state index contributed by atoms with van der Waals surface area (Å²) in [6.45, 7) is 3.43. The summed E-state index contributed by atoms with van der Waals surface area (Å²) in [5.41, 5.74) is 1.82. The van der Waals surface area contributed by atoms with Crippen LogP contribution in [-0.4, -0.2) is 28.9 Å². The average molecular weight is 348 g/mol. The monoisotopic (exact) mass is 348 g/mol. The summed E-state index contributed by atoms with van der Waals surface area (Å²) >= 11 is 0. The third-order valence-electron chi connectivity index (χ3n) is 4.08. The lowest BCUT2D eigenvalue weighted by Gasteiger charge is -2.17. The summed E-state index contributed by atoms with van der Waals surface area (Å²) in [5, 5.41) is 8.68. The SMILES string of the molecule is CC/C=C\CC1=C(CC[C@@H](CCCCC(=O)O)OC(C)=O)C=CC1=O. The fraction of sp³-hybridized carbons (Fsp3) is 0.550. The van der Waals surface area contributed by atoms with Crippen molar-refractivity contribution in [2.45, 2.75) is 71.3 Å². The Morgan fingerprint density at radius 3 is 2.60 bits per heavy atom. The van der Waals surface area contributed by atoms with Crippen molar-refractivity contribution < 1.29 is 24.2 Å². The van der Waals surface area contributed by atoms with Gasteiger partial charge in [-0.25, -0.2) is 0 Å². The molecule has 5 nitrogen and oxygen atoms in total. The molecule has 1 aliphatic carbocycles. The normalized spacial score (nSPS) is 15.2. The Labute approximate surface area is 149 Å². The predicted octanol–water partition coefficient (Wildman–Crippen LogP) is 4.14. The van der Waals surface area contributed by atoms with Crippen molar-refractivity contribution in [3.05, 3.63) is 35.5 Å². The number of ether oxygens (including phenoxy) is 1. The minimum atomic E-state index is -0.812. The van der Waals surface area contributed by atoms with Gasteiger partial charge >= 0.3 is 11.9 Å². The van der Waals surface area contributed by atoms with Gasteiger partial charge in [-0.2, -0.15) is 0 Å². The molecule has 0 fully saturated rings. The van der Waals surface area contributed by atoms with Crippen molar-refractivity contribution in [2.24, 2.45) is 0 Å². The Morgan fingerprint density at radius 2 is 1.96 bits per heavy atom. The highest BCUT2D eigenvalue weighted by Gasteiger charge is 2.19. The lowest BCUT2D eigenvalue weighted by atomic mass is 9.98. The number of unbranched alkanes of at least 4 members (excludes halogenated alkanes) is 1. The van der Waals surface area contributed by atoms with Gasteiger partial charge in [0.1, 0.15) is 6.10 Å². The molecule has 0 bridgehead atoms. The zero-order valence-electron chi connectivity index (χ0n) is 15.1. The number of rotatable bonds is 12. The van der Waals surface area contributed by atoms with E-state index >= 15 is 0 Å². The zero-order valence-corrected chi connectivity index (χ0v) is 15.1. The third-order valence-corrected chi connectivity index (χ3v) is 4.08. The average Bonchev–Trinajstić information content (AvgIpc) is 2.89. The van der Waals surface area contributed by atoms with E-state index in [9.17, 15) is 14.4 Å². The van der Waals surface area contributed by atoms with Crippen LogP contribution in [-0.2, 0) is 19.1 Å². The van der Waals surface area contributed by atoms with Crippen molar-refractivity contribution >= 4 is 17.7 Å². The van der Waals surface area contributed by atoms with Crippen LogP contribution in [0.1, 0.15) is 65.2 Å². The molecule has 25 heavy (non-hydrogen) atoms. The van der Waals surface area contributed by atoms with Crippen LogP contribution in [0.5, 0.6) is 0 Å². The molecule has 0 aromatic carbocycles. The number of allylic oxidation sites excluding steroid dienone is 6. The van der Waals surface area contributed by atoms with E-state index < -0.39 is 5.97 Å². The van der Waals surface area contributed by atoms with E-state index in [0.29, 0.717) is 38.5 Å². The van der Waals surface area contributed by atoms with Crippen LogP contribution < -0.4 is 0 Å². The van der Waals surface area contributed by atoms with Gasteiger partial charge in [-0.1, -0.05) is 25.2 Å². The molecule has 0 spiro atoms. The van der Waals surface area contributed by atoms with E-state index in [1.807, 2.05) is 18.2 Å². The first-order valence-corrected chi connectivity index (χ1v) is 8.92. The van der Waals surface area contributed by atoms with E-state index in [0.717, 1.165) is 17.6 Å². The first-order chi connectivity index (χ1) is 11.9. The summed E-state index contributed by atoms with van der Waals surface area (Å²) in [6, 6.07) is 0. The number of hydrogen-bond donors (Lipinski definition) is 1. The first-order valence-electron chi connectivity index (χ1n) is 8.92. The van der Waals surface area contributed by atoms with Gasteiger partial charge in [-0.05, 0) is 56.6 Å². The van der Waals surface area contributed by atoms with Gasteiger partial charge in [0.15, 0.2) is 5.78 Å². The largest absolute Gasteiger partial charge is 0.481 e. The van der Waals surface area contributed by atoms with Crippen LogP contribution in [0.3, 0.4) is 0 Å². The molecule has 0 aromatic rings. The number of ketones is 1. The van der Waals surface area contributed by atoms with E-state index in [1.165, 1.54) is 6.92 Å². The molecule has 0 saturated heterocycles. The molecule has 1 N–H and O–H groups in total. The smallest absolute Gasteiger partial charge is 0.303 e. The predicted molar refractivity (Wildman–Crippen MR) is 96.1 cm³/mol. The summed E-state index contributed by atoms with van der Waals surface area (Å²) < 4.78 is 5.35. The van der Waals surface area contributed by atoms with Gasteiger partial charge in [-0.3, -0.25) is 14.4 Å². The van der Waals surface area contributed by atoms with Gasteiger partial charge in [0, 0.05) is 18.9 Å². The fourth-order valence-electron chi connectivity index (χ4n) is 2.83. The van der Waals surface area contributed by atoms with Crippen LogP contribution in [0, 0.1) is 0 Å². The second-order valence-corrected chi connectivity index (χ2v) is 6.19. The maximum Gasteiger partial charge on any atom is 0.303 e. The Morgan fingerprint density at radius 1 is 1.20 bits per heavy atom. The highest BCUT2D eigenvalue weighted by molar-refractivity contribution is 6.08. The number of carbonyl (C=O) groups is 3. The molecule has 0 aliphatic heterocycles. The first kappa shape index (κ1) is 20.9. The van der Waals surface area contributed by atoms with Gasteiger partial charge in [0.25, 0.3) is 0 Å². The number of esters is 1. The number of aliphatic carboxylic acids is 1. The summed E-state index contributed by atoms with van der Waals surface area (Å²) in [5.74, 6) is -1.09.